The Balaban J connectivity index is 2.73. The van der Waals surface area contributed by atoms with Gasteiger partial charge in [0, 0.05) is 28.2 Å². The van der Waals surface area contributed by atoms with Crippen molar-refractivity contribution in [2.75, 3.05) is 28.2 Å². The van der Waals surface area contributed by atoms with Crippen LogP contribution in [-0.2, 0) is 19.1 Å². The van der Waals surface area contributed by atoms with Crippen LogP contribution in [0.15, 0.2) is 24.3 Å². The number of hydrogen-bond donors (Lipinski definition) is 0. The van der Waals surface area contributed by atoms with Crippen LogP contribution in [-0.4, -0.2) is 74.0 Å². The summed E-state index contributed by atoms with van der Waals surface area (Å²) in [5, 5.41) is 0. The summed E-state index contributed by atoms with van der Waals surface area (Å²) >= 11 is 0. The van der Waals surface area contributed by atoms with Crippen molar-refractivity contribution < 1.29 is 28.7 Å². The molecule has 0 heterocycles. The molecule has 0 saturated heterocycles. The minimum Gasteiger partial charge on any atom is -0.449 e. The first-order valence-corrected chi connectivity index (χ1v) is 7.99. The highest BCUT2D eigenvalue weighted by atomic mass is 16.6. The molecule has 0 bridgehead atoms. The molecule has 1 aromatic rings. The maximum Gasteiger partial charge on any atom is 0.338 e. The Hall–Kier alpha value is -2.90. The summed E-state index contributed by atoms with van der Waals surface area (Å²) in [5.41, 5.74) is 0.384. The number of esters is 2. The lowest BCUT2D eigenvalue weighted by atomic mass is 10.1. The zero-order chi connectivity index (χ0) is 20.0. The van der Waals surface area contributed by atoms with E-state index in [1.54, 1.807) is 28.2 Å². The van der Waals surface area contributed by atoms with E-state index < -0.39 is 24.1 Å². The Morgan fingerprint density at radius 2 is 0.962 bits per heavy atom. The number of rotatable bonds is 6. The van der Waals surface area contributed by atoms with Crippen LogP contribution in [0.4, 0.5) is 0 Å². The van der Waals surface area contributed by atoms with E-state index in [9.17, 15) is 19.2 Å². The highest BCUT2D eigenvalue weighted by Gasteiger charge is 2.22. The highest BCUT2D eigenvalue weighted by Crippen LogP contribution is 2.11. The van der Waals surface area contributed by atoms with E-state index in [1.165, 1.54) is 47.9 Å². The van der Waals surface area contributed by atoms with Crippen LogP contribution >= 0.6 is 0 Å². The van der Waals surface area contributed by atoms with Gasteiger partial charge in [-0.1, -0.05) is 0 Å². The molecular weight excluding hydrogens is 340 g/mol. The topological polar surface area (TPSA) is 93.2 Å². The first kappa shape index (κ1) is 21.1. The molecule has 0 aliphatic rings. The maximum atomic E-state index is 12.0. The van der Waals surface area contributed by atoms with Gasteiger partial charge in [0.15, 0.2) is 12.2 Å². The van der Waals surface area contributed by atoms with E-state index in [2.05, 4.69) is 0 Å². The van der Waals surface area contributed by atoms with Crippen LogP contribution in [0.3, 0.4) is 0 Å². The van der Waals surface area contributed by atoms with Crippen molar-refractivity contribution in [3.63, 3.8) is 0 Å². The SMILES string of the molecule is C[C@H](OC(=O)c1ccc(C(=O)O[C@@H](C)C(=O)N(C)C)cc1)C(=O)N(C)C. The molecule has 0 N–H and O–H groups in total. The molecule has 26 heavy (non-hydrogen) atoms. The standard InChI is InChI=1S/C18H24N2O6/c1-11(15(21)19(3)4)25-17(23)13-7-9-14(10-8-13)18(24)26-12(2)16(22)20(5)6/h7-12H,1-6H3/t11-,12-/m0/s1. The summed E-state index contributed by atoms with van der Waals surface area (Å²) in [6.45, 7) is 2.96. The van der Waals surface area contributed by atoms with Gasteiger partial charge in [-0.2, -0.15) is 0 Å². The minimum atomic E-state index is -0.917. The second-order valence-corrected chi connectivity index (χ2v) is 6.14. The zero-order valence-electron chi connectivity index (χ0n) is 15.8. The van der Waals surface area contributed by atoms with Crippen LogP contribution in [0.1, 0.15) is 34.6 Å². The molecular formula is C18H24N2O6. The van der Waals surface area contributed by atoms with E-state index in [1.807, 2.05) is 0 Å². The van der Waals surface area contributed by atoms with E-state index in [0.29, 0.717) is 0 Å². The molecule has 0 fully saturated rings. The lowest BCUT2D eigenvalue weighted by Crippen LogP contribution is -2.35. The van der Waals surface area contributed by atoms with Crippen molar-refractivity contribution in [2.45, 2.75) is 26.1 Å². The highest BCUT2D eigenvalue weighted by molar-refractivity contribution is 5.95. The fourth-order valence-electron chi connectivity index (χ4n) is 2.03. The van der Waals surface area contributed by atoms with Gasteiger partial charge in [0.05, 0.1) is 11.1 Å². The molecule has 0 spiro atoms. The number of ether oxygens (including phenoxy) is 2. The summed E-state index contributed by atoms with van der Waals surface area (Å²) in [6.07, 6.45) is -1.83. The zero-order valence-corrected chi connectivity index (χ0v) is 15.8. The van der Waals surface area contributed by atoms with E-state index in [-0.39, 0.29) is 22.9 Å². The quantitative estimate of drug-likeness (QED) is 0.698. The molecule has 0 saturated carbocycles. The largest absolute Gasteiger partial charge is 0.449 e. The molecule has 1 aromatic carbocycles. The molecule has 8 nitrogen and oxygen atoms in total. The lowest BCUT2D eigenvalue weighted by molar-refractivity contribution is -0.137. The number of nitrogens with zero attached hydrogens (tertiary/aromatic N) is 2. The number of carbonyl (C=O) groups excluding carboxylic acids is 4. The van der Waals surface area contributed by atoms with Crippen molar-refractivity contribution in [3.05, 3.63) is 35.4 Å². The van der Waals surface area contributed by atoms with Gasteiger partial charge in [-0.05, 0) is 38.1 Å². The van der Waals surface area contributed by atoms with Gasteiger partial charge in [-0.15, -0.1) is 0 Å². The number of amides is 2. The van der Waals surface area contributed by atoms with Crippen molar-refractivity contribution >= 4 is 23.8 Å². The lowest BCUT2D eigenvalue weighted by Gasteiger charge is -2.18. The molecule has 0 aliphatic carbocycles. The third-order valence-corrected chi connectivity index (χ3v) is 3.50. The van der Waals surface area contributed by atoms with E-state index in [0.717, 1.165) is 0 Å². The van der Waals surface area contributed by atoms with Crippen molar-refractivity contribution in [3.8, 4) is 0 Å². The molecule has 1 rings (SSSR count). The Bertz CT molecular complexity index is 622. The maximum absolute atomic E-state index is 12.0. The van der Waals surface area contributed by atoms with E-state index in [4.69, 9.17) is 9.47 Å². The third-order valence-electron chi connectivity index (χ3n) is 3.50. The first-order valence-electron chi connectivity index (χ1n) is 7.99. The Kier molecular flexibility index (Phi) is 7.30. The number of carbonyl (C=O) groups is 4. The Labute approximate surface area is 152 Å². The normalized spacial score (nSPS) is 12.5. The molecule has 2 atom stereocenters. The summed E-state index contributed by atoms with van der Waals surface area (Å²) < 4.78 is 10.2. The molecule has 8 heteroatoms. The van der Waals surface area contributed by atoms with Crippen LogP contribution in [0.25, 0.3) is 0 Å². The molecule has 0 aliphatic heterocycles. The fourth-order valence-corrected chi connectivity index (χ4v) is 2.03. The number of hydrogen-bond acceptors (Lipinski definition) is 6. The van der Waals surface area contributed by atoms with Crippen molar-refractivity contribution in [1.82, 2.24) is 9.80 Å². The van der Waals surface area contributed by atoms with Crippen LogP contribution in [0, 0.1) is 0 Å². The van der Waals surface area contributed by atoms with Crippen molar-refractivity contribution in [1.29, 1.82) is 0 Å². The second-order valence-electron chi connectivity index (χ2n) is 6.14. The second kappa shape index (κ2) is 8.98. The minimum absolute atomic E-state index is 0.192. The van der Waals surface area contributed by atoms with Gasteiger partial charge in [0.2, 0.25) is 0 Å². The van der Waals surface area contributed by atoms with Gasteiger partial charge in [0.1, 0.15) is 0 Å². The summed E-state index contributed by atoms with van der Waals surface area (Å²) in [6, 6.07) is 5.57. The smallest absolute Gasteiger partial charge is 0.338 e. The summed E-state index contributed by atoms with van der Waals surface area (Å²) in [4.78, 5) is 50.2. The number of benzene rings is 1. The van der Waals surface area contributed by atoms with Crippen molar-refractivity contribution in [2.24, 2.45) is 0 Å². The molecule has 0 unspecified atom stereocenters. The van der Waals surface area contributed by atoms with Gasteiger partial charge in [-0.25, -0.2) is 9.59 Å². The van der Waals surface area contributed by atoms with Crippen LogP contribution in [0.2, 0.25) is 0 Å². The average Bonchev–Trinajstić information content (AvgIpc) is 2.59. The first-order chi connectivity index (χ1) is 12.0. The molecule has 142 valence electrons. The predicted octanol–water partition coefficient (Wildman–Crippen LogP) is 0.954. The number of likely N-dealkylation sites (N-methyl/N-ethyl adjacent to an activating group) is 2. The monoisotopic (exact) mass is 364 g/mol. The fraction of sp³-hybridized carbons (Fsp3) is 0.444. The van der Waals surface area contributed by atoms with E-state index >= 15 is 0 Å². The summed E-state index contributed by atoms with van der Waals surface area (Å²) in [7, 11) is 6.26. The molecule has 2 amide bonds. The predicted molar refractivity (Wildman–Crippen MR) is 93.6 cm³/mol. The van der Waals surface area contributed by atoms with Gasteiger partial charge >= 0.3 is 11.9 Å². The Morgan fingerprint density at radius 3 is 1.19 bits per heavy atom. The van der Waals surface area contributed by atoms with Gasteiger partial charge in [0.25, 0.3) is 11.8 Å². The molecule has 0 radical (unpaired) electrons. The Morgan fingerprint density at radius 1 is 0.692 bits per heavy atom. The van der Waals surface area contributed by atoms with Gasteiger partial charge in [-0.3, -0.25) is 9.59 Å². The average molecular weight is 364 g/mol. The summed E-state index contributed by atoms with van der Waals surface area (Å²) in [5.74, 6) is -2.02. The third kappa shape index (κ3) is 5.58. The van der Waals surface area contributed by atoms with Crippen LogP contribution < -0.4 is 0 Å². The molecule has 0 aromatic heterocycles. The van der Waals surface area contributed by atoms with Crippen LogP contribution in [0.5, 0.6) is 0 Å². The van der Waals surface area contributed by atoms with Gasteiger partial charge < -0.3 is 19.3 Å².